The smallest absolute Gasteiger partial charge is 0.126 e. The third kappa shape index (κ3) is 3.66. The maximum atomic E-state index is 13.6. The maximum Gasteiger partial charge on any atom is 0.126 e. The van der Waals surface area contributed by atoms with E-state index in [1.165, 1.54) is 6.07 Å². The number of nitrogens with one attached hydrogen (secondary N) is 1. The molecule has 2 unspecified atom stereocenters. The Balaban J connectivity index is 2.99. The lowest BCUT2D eigenvalue weighted by molar-refractivity contribution is 0.436. The zero-order valence-corrected chi connectivity index (χ0v) is 11.3. The summed E-state index contributed by atoms with van der Waals surface area (Å²) in [4.78, 5) is 0. The fraction of sp³-hybridized carbons (Fsp3) is 0.538. The maximum absolute atomic E-state index is 13.6. The first-order valence-electron chi connectivity index (χ1n) is 5.82. The largest absolute Gasteiger partial charge is 0.330 e. The summed E-state index contributed by atoms with van der Waals surface area (Å²) in [5.74, 6) is 0.151. The minimum atomic E-state index is -0.218. The number of aryl methyl sites for hydroxylation is 1. The van der Waals surface area contributed by atoms with Crippen molar-refractivity contribution < 1.29 is 4.39 Å². The predicted octanol–water partition coefficient (Wildman–Crippen LogP) is 3.03. The standard InChI is InChI=1S/C13H20ClFN2/c1-8(7-16)4-13(17-3)10-6-12(15)9(2)5-11(10)14/h5-6,8,13,17H,4,7,16H2,1-3H3. The van der Waals surface area contributed by atoms with Gasteiger partial charge in [-0.05, 0) is 56.1 Å². The number of benzene rings is 1. The fourth-order valence-electron chi connectivity index (χ4n) is 1.83. The second-order valence-corrected chi connectivity index (χ2v) is 4.95. The molecule has 0 aromatic heterocycles. The second-order valence-electron chi connectivity index (χ2n) is 4.54. The quantitative estimate of drug-likeness (QED) is 0.852. The molecule has 0 aliphatic carbocycles. The number of nitrogens with two attached hydrogens (primary N) is 1. The molecule has 0 saturated heterocycles. The van der Waals surface area contributed by atoms with E-state index in [9.17, 15) is 4.39 Å². The van der Waals surface area contributed by atoms with Crippen molar-refractivity contribution in [3.63, 3.8) is 0 Å². The fourth-order valence-corrected chi connectivity index (χ4v) is 2.18. The second kappa shape index (κ2) is 6.34. The Hall–Kier alpha value is -0.640. The van der Waals surface area contributed by atoms with Gasteiger partial charge >= 0.3 is 0 Å². The average molecular weight is 259 g/mol. The van der Waals surface area contributed by atoms with Gasteiger partial charge in [0.2, 0.25) is 0 Å². The van der Waals surface area contributed by atoms with Crippen LogP contribution in [0.3, 0.4) is 0 Å². The van der Waals surface area contributed by atoms with Crippen LogP contribution in [0, 0.1) is 18.7 Å². The molecule has 1 aromatic rings. The van der Waals surface area contributed by atoms with E-state index in [0.717, 1.165) is 12.0 Å². The van der Waals surface area contributed by atoms with E-state index >= 15 is 0 Å². The van der Waals surface area contributed by atoms with Crippen LogP contribution in [-0.4, -0.2) is 13.6 Å². The van der Waals surface area contributed by atoms with Crippen molar-refractivity contribution in [2.75, 3.05) is 13.6 Å². The molecule has 0 amide bonds. The van der Waals surface area contributed by atoms with Crippen LogP contribution >= 0.6 is 11.6 Å². The van der Waals surface area contributed by atoms with Crippen LogP contribution in [0.1, 0.15) is 30.5 Å². The Morgan fingerprint density at radius 3 is 2.65 bits per heavy atom. The Morgan fingerprint density at radius 1 is 1.47 bits per heavy atom. The third-order valence-electron chi connectivity index (χ3n) is 3.04. The predicted molar refractivity (Wildman–Crippen MR) is 70.8 cm³/mol. The molecule has 1 rings (SSSR count). The van der Waals surface area contributed by atoms with E-state index in [4.69, 9.17) is 17.3 Å². The molecule has 3 N–H and O–H groups in total. The average Bonchev–Trinajstić information content (AvgIpc) is 2.30. The lowest BCUT2D eigenvalue weighted by Gasteiger charge is -2.21. The highest BCUT2D eigenvalue weighted by atomic mass is 35.5. The van der Waals surface area contributed by atoms with Gasteiger partial charge in [-0.1, -0.05) is 18.5 Å². The van der Waals surface area contributed by atoms with Crippen molar-refractivity contribution in [1.82, 2.24) is 5.32 Å². The van der Waals surface area contributed by atoms with Crippen molar-refractivity contribution in [2.45, 2.75) is 26.3 Å². The van der Waals surface area contributed by atoms with Gasteiger partial charge in [-0.15, -0.1) is 0 Å². The number of hydrogen-bond donors (Lipinski definition) is 2. The van der Waals surface area contributed by atoms with Crippen LogP contribution in [0.15, 0.2) is 12.1 Å². The summed E-state index contributed by atoms with van der Waals surface area (Å²) in [6.45, 7) is 4.40. The van der Waals surface area contributed by atoms with Crippen LogP contribution in [0.2, 0.25) is 5.02 Å². The van der Waals surface area contributed by atoms with Crippen LogP contribution in [0.4, 0.5) is 4.39 Å². The van der Waals surface area contributed by atoms with Crippen LogP contribution in [-0.2, 0) is 0 Å². The zero-order valence-electron chi connectivity index (χ0n) is 10.6. The first-order chi connectivity index (χ1) is 7.99. The molecule has 0 radical (unpaired) electrons. The Labute approximate surface area is 107 Å². The van der Waals surface area contributed by atoms with Gasteiger partial charge in [0, 0.05) is 11.1 Å². The van der Waals surface area contributed by atoms with E-state index in [1.54, 1.807) is 13.0 Å². The Morgan fingerprint density at radius 2 is 2.12 bits per heavy atom. The molecule has 0 saturated carbocycles. The molecule has 4 heteroatoms. The van der Waals surface area contributed by atoms with Gasteiger partial charge in [0.05, 0.1) is 0 Å². The third-order valence-corrected chi connectivity index (χ3v) is 3.37. The highest BCUT2D eigenvalue weighted by Crippen LogP contribution is 2.29. The Kier molecular flexibility index (Phi) is 5.37. The van der Waals surface area contributed by atoms with E-state index < -0.39 is 0 Å². The summed E-state index contributed by atoms with van der Waals surface area (Å²) in [6, 6.07) is 3.22. The summed E-state index contributed by atoms with van der Waals surface area (Å²) in [6.07, 6.45) is 0.842. The molecule has 17 heavy (non-hydrogen) atoms. The normalized spacial score (nSPS) is 14.7. The van der Waals surface area contributed by atoms with Gasteiger partial charge in [0.15, 0.2) is 0 Å². The summed E-state index contributed by atoms with van der Waals surface area (Å²) in [5.41, 5.74) is 6.98. The van der Waals surface area contributed by atoms with E-state index in [-0.39, 0.29) is 11.9 Å². The van der Waals surface area contributed by atoms with Gasteiger partial charge in [-0.3, -0.25) is 0 Å². The van der Waals surface area contributed by atoms with Crippen molar-refractivity contribution in [1.29, 1.82) is 0 Å². The molecule has 1 aromatic carbocycles. The van der Waals surface area contributed by atoms with Crippen molar-refractivity contribution in [3.8, 4) is 0 Å². The molecule has 0 fully saturated rings. The van der Waals surface area contributed by atoms with Crippen molar-refractivity contribution >= 4 is 11.6 Å². The van der Waals surface area contributed by atoms with Crippen molar-refractivity contribution in [3.05, 3.63) is 34.1 Å². The monoisotopic (exact) mass is 258 g/mol. The minimum Gasteiger partial charge on any atom is -0.330 e. The van der Waals surface area contributed by atoms with E-state index in [0.29, 0.717) is 23.0 Å². The molecule has 2 atom stereocenters. The first-order valence-corrected chi connectivity index (χ1v) is 6.20. The van der Waals surface area contributed by atoms with Crippen LogP contribution in [0.25, 0.3) is 0 Å². The lowest BCUT2D eigenvalue weighted by Crippen LogP contribution is -2.23. The number of rotatable bonds is 5. The SMILES string of the molecule is CNC(CC(C)CN)c1cc(F)c(C)cc1Cl. The summed E-state index contributed by atoms with van der Waals surface area (Å²) in [7, 11) is 1.85. The first kappa shape index (κ1) is 14.4. The molecule has 2 nitrogen and oxygen atoms in total. The molecule has 0 spiro atoms. The number of halogens is 2. The molecule has 0 heterocycles. The highest BCUT2D eigenvalue weighted by Gasteiger charge is 2.17. The summed E-state index contributed by atoms with van der Waals surface area (Å²) < 4.78 is 13.6. The van der Waals surface area contributed by atoms with Gasteiger partial charge < -0.3 is 11.1 Å². The highest BCUT2D eigenvalue weighted by molar-refractivity contribution is 6.31. The zero-order chi connectivity index (χ0) is 13.0. The molecule has 0 bridgehead atoms. The van der Waals surface area contributed by atoms with Crippen molar-refractivity contribution in [2.24, 2.45) is 11.7 Å². The van der Waals surface area contributed by atoms with Crippen LogP contribution in [0.5, 0.6) is 0 Å². The van der Waals surface area contributed by atoms with Gasteiger partial charge in [-0.2, -0.15) is 0 Å². The van der Waals surface area contributed by atoms with Crippen LogP contribution < -0.4 is 11.1 Å². The lowest BCUT2D eigenvalue weighted by atomic mass is 9.95. The summed E-state index contributed by atoms with van der Waals surface area (Å²) in [5, 5.41) is 3.77. The topological polar surface area (TPSA) is 38.0 Å². The van der Waals surface area contributed by atoms with Gasteiger partial charge in [-0.25, -0.2) is 4.39 Å². The van der Waals surface area contributed by atoms with E-state index in [1.807, 2.05) is 7.05 Å². The summed E-state index contributed by atoms with van der Waals surface area (Å²) >= 11 is 6.16. The number of hydrogen-bond acceptors (Lipinski definition) is 2. The Bertz CT molecular complexity index is 382. The molecule has 96 valence electrons. The van der Waals surface area contributed by atoms with E-state index in [2.05, 4.69) is 12.2 Å². The molecule has 0 aliphatic heterocycles. The van der Waals surface area contributed by atoms with Gasteiger partial charge in [0.25, 0.3) is 0 Å². The molecular formula is C13H20ClFN2. The minimum absolute atomic E-state index is 0.0381. The van der Waals surface area contributed by atoms with Gasteiger partial charge in [0.1, 0.15) is 5.82 Å². The molecular weight excluding hydrogens is 239 g/mol. The molecule has 0 aliphatic rings.